The zero-order valence-corrected chi connectivity index (χ0v) is 12.6. The van der Waals surface area contributed by atoms with Gasteiger partial charge in [-0.05, 0) is 11.1 Å². The van der Waals surface area contributed by atoms with Crippen LogP contribution in [0.5, 0.6) is 0 Å². The fraction of sp³-hybridized carbons (Fsp3) is 0.562. The molecule has 7 heteroatoms. The van der Waals surface area contributed by atoms with Gasteiger partial charge in [-0.15, -0.1) is 0 Å². The Bertz CT molecular complexity index is 570. The van der Waals surface area contributed by atoms with Gasteiger partial charge in [-0.1, -0.05) is 24.3 Å². The van der Waals surface area contributed by atoms with Gasteiger partial charge in [-0.3, -0.25) is 9.69 Å². The lowest BCUT2D eigenvalue weighted by molar-refractivity contribution is -0.135. The molecule has 23 heavy (non-hydrogen) atoms. The van der Waals surface area contributed by atoms with E-state index >= 15 is 0 Å². The minimum atomic E-state index is -2.50. The molecule has 1 saturated heterocycles. The highest BCUT2D eigenvalue weighted by Gasteiger charge is 2.36. The molecule has 3 atom stereocenters. The summed E-state index contributed by atoms with van der Waals surface area (Å²) < 4.78 is 30.6. The van der Waals surface area contributed by atoms with Crippen LogP contribution in [0.2, 0.25) is 0 Å². The summed E-state index contributed by atoms with van der Waals surface area (Å²) >= 11 is 0. The van der Waals surface area contributed by atoms with Crippen molar-refractivity contribution in [2.24, 2.45) is 0 Å². The Morgan fingerprint density at radius 2 is 2.22 bits per heavy atom. The first-order chi connectivity index (χ1) is 11.1. The molecule has 5 nitrogen and oxygen atoms in total. The van der Waals surface area contributed by atoms with E-state index in [2.05, 4.69) is 5.32 Å². The highest BCUT2D eigenvalue weighted by Crippen LogP contribution is 2.31. The smallest absolute Gasteiger partial charge is 0.251 e. The largest absolute Gasteiger partial charge is 0.390 e. The molecule has 1 unspecified atom stereocenters. The van der Waals surface area contributed by atoms with Crippen molar-refractivity contribution in [3.05, 3.63) is 35.4 Å². The van der Waals surface area contributed by atoms with Gasteiger partial charge in [0.05, 0.1) is 31.9 Å². The lowest BCUT2D eigenvalue weighted by atomic mass is 10.1. The van der Waals surface area contributed by atoms with E-state index in [1.54, 1.807) is 0 Å². The van der Waals surface area contributed by atoms with Gasteiger partial charge in [0.1, 0.15) is 6.04 Å². The first-order valence-electron chi connectivity index (χ1n) is 7.72. The number of amides is 1. The van der Waals surface area contributed by atoms with Gasteiger partial charge in [-0.2, -0.15) is 0 Å². The number of halogens is 2. The van der Waals surface area contributed by atoms with E-state index in [-0.39, 0.29) is 12.5 Å². The van der Waals surface area contributed by atoms with E-state index in [1.807, 2.05) is 24.3 Å². The van der Waals surface area contributed by atoms with Gasteiger partial charge in [0.15, 0.2) is 0 Å². The lowest BCUT2D eigenvalue weighted by Crippen LogP contribution is -2.55. The van der Waals surface area contributed by atoms with E-state index in [4.69, 9.17) is 4.74 Å². The third-order valence-electron chi connectivity index (χ3n) is 4.42. The van der Waals surface area contributed by atoms with Crippen LogP contribution in [-0.2, 0) is 16.0 Å². The van der Waals surface area contributed by atoms with Crippen molar-refractivity contribution >= 4 is 5.91 Å². The molecule has 126 valence electrons. The highest BCUT2D eigenvalue weighted by molar-refractivity contribution is 5.82. The van der Waals surface area contributed by atoms with Crippen molar-refractivity contribution in [2.45, 2.75) is 31.0 Å². The summed E-state index contributed by atoms with van der Waals surface area (Å²) in [5, 5.41) is 13.0. The van der Waals surface area contributed by atoms with Crippen molar-refractivity contribution in [3.8, 4) is 0 Å². The maximum atomic E-state index is 12.7. The van der Waals surface area contributed by atoms with Crippen molar-refractivity contribution in [3.63, 3.8) is 0 Å². The number of fused-ring (bicyclic) bond motifs is 1. The van der Waals surface area contributed by atoms with Gasteiger partial charge in [-0.25, -0.2) is 8.78 Å². The number of aliphatic hydroxyl groups is 1. The van der Waals surface area contributed by atoms with Crippen molar-refractivity contribution in [2.75, 3.05) is 26.3 Å². The third-order valence-corrected chi connectivity index (χ3v) is 4.42. The Hall–Kier alpha value is -1.57. The molecule has 1 aromatic carbocycles. The number of nitrogens with zero attached hydrogens (tertiary/aromatic N) is 1. The molecule has 2 aliphatic rings. The molecule has 1 heterocycles. The Morgan fingerprint density at radius 3 is 3.00 bits per heavy atom. The molecule has 1 amide bonds. The Morgan fingerprint density at radius 1 is 1.43 bits per heavy atom. The van der Waals surface area contributed by atoms with Crippen molar-refractivity contribution in [1.29, 1.82) is 0 Å². The number of alkyl halides is 2. The normalized spacial score (nSPS) is 27.9. The van der Waals surface area contributed by atoms with E-state index in [0.29, 0.717) is 19.6 Å². The summed E-state index contributed by atoms with van der Waals surface area (Å²) in [6.45, 7) is 0.270. The van der Waals surface area contributed by atoms with E-state index in [0.717, 1.165) is 11.1 Å². The molecule has 0 bridgehead atoms. The van der Waals surface area contributed by atoms with Crippen LogP contribution in [0.25, 0.3) is 0 Å². The number of benzene rings is 1. The van der Waals surface area contributed by atoms with Gasteiger partial charge in [0.25, 0.3) is 6.43 Å². The van der Waals surface area contributed by atoms with Crippen LogP contribution in [0.4, 0.5) is 8.78 Å². The molecular formula is C16H20F2N2O3. The Balaban J connectivity index is 1.70. The van der Waals surface area contributed by atoms with E-state index < -0.39 is 31.2 Å². The van der Waals surface area contributed by atoms with Crippen LogP contribution < -0.4 is 5.32 Å². The molecule has 0 aromatic heterocycles. The minimum Gasteiger partial charge on any atom is -0.390 e. The second-order valence-corrected chi connectivity index (χ2v) is 5.93. The van der Waals surface area contributed by atoms with Crippen molar-refractivity contribution < 1.29 is 23.4 Å². The summed E-state index contributed by atoms with van der Waals surface area (Å²) in [4.78, 5) is 14.0. The fourth-order valence-electron chi connectivity index (χ4n) is 3.27. The predicted molar refractivity (Wildman–Crippen MR) is 79.2 cm³/mol. The highest BCUT2D eigenvalue weighted by atomic mass is 19.3. The zero-order valence-electron chi connectivity index (χ0n) is 12.6. The molecule has 1 aromatic rings. The minimum absolute atomic E-state index is 0.0863. The number of carbonyl (C=O) groups is 1. The van der Waals surface area contributed by atoms with Crippen LogP contribution in [0, 0.1) is 0 Å². The SMILES string of the molecule is O=C(N[C@@H]1c2ccccc2C[C@@H]1O)C1COCCN1CC(F)F. The Labute approximate surface area is 133 Å². The van der Waals surface area contributed by atoms with Crippen LogP contribution >= 0.6 is 0 Å². The fourth-order valence-corrected chi connectivity index (χ4v) is 3.27. The number of rotatable bonds is 4. The summed E-state index contributed by atoms with van der Waals surface area (Å²) in [7, 11) is 0. The molecule has 0 radical (unpaired) electrons. The molecule has 2 N–H and O–H groups in total. The summed E-state index contributed by atoms with van der Waals surface area (Å²) in [5.74, 6) is -0.383. The van der Waals surface area contributed by atoms with E-state index in [1.165, 1.54) is 4.90 Å². The number of nitrogens with one attached hydrogen (secondary N) is 1. The number of carbonyl (C=O) groups excluding carboxylic acids is 1. The third kappa shape index (κ3) is 3.52. The van der Waals surface area contributed by atoms with E-state index in [9.17, 15) is 18.7 Å². The second-order valence-electron chi connectivity index (χ2n) is 5.93. The quantitative estimate of drug-likeness (QED) is 0.856. The molecule has 1 aliphatic heterocycles. The Kier molecular flexibility index (Phi) is 4.89. The molecule has 1 fully saturated rings. The maximum Gasteiger partial charge on any atom is 0.251 e. The number of morpholine rings is 1. The van der Waals surface area contributed by atoms with Crippen LogP contribution in [0.15, 0.2) is 24.3 Å². The monoisotopic (exact) mass is 326 g/mol. The predicted octanol–water partition coefficient (Wildman–Crippen LogP) is 0.727. The maximum absolute atomic E-state index is 12.7. The lowest BCUT2D eigenvalue weighted by Gasteiger charge is -2.35. The molecule has 0 spiro atoms. The first kappa shape index (κ1) is 16.3. The summed E-state index contributed by atoms with van der Waals surface area (Å²) in [5.41, 5.74) is 1.88. The standard InChI is InChI=1S/C16H20F2N2O3/c17-14(18)8-20-5-6-23-9-12(20)16(22)19-15-11-4-2-1-3-10(11)7-13(15)21/h1-4,12-15,21H,5-9H2,(H,19,22)/t12?,13-,15+/m0/s1. The summed E-state index contributed by atoms with van der Waals surface area (Å²) in [6, 6.07) is 6.26. The number of aliphatic hydroxyl groups excluding tert-OH is 1. The van der Waals surface area contributed by atoms with Crippen LogP contribution in [0.1, 0.15) is 17.2 Å². The van der Waals surface area contributed by atoms with Crippen LogP contribution in [0.3, 0.4) is 0 Å². The topological polar surface area (TPSA) is 61.8 Å². The number of hydrogen-bond donors (Lipinski definition) is 2. The average molecular weight is 326 g/mol. The number of hydrogen-bond acceptors (Lipinski definition) is 4. The van der Waals surface area contributed by atoms with Gasteiger partial charge in [0, 0.05) is 13.0 Å². The molecular weight excluding hydrogens is 306 g/mol. The average Bonchev–Trinajstić information content (AvgIpc) is 2.83. The summed E-state index contributed by atoms with van der Waals surface area (Å²) in [6.07, 6.45) is -2.73. The van der Waals surface area contributed by atoms with Gasteiger partial charge in [0.2, 0.25) is 5.91 Å². The second kappa shape index (κ2) is 6.90. The number of ether oxygens (including phenoxy) is 1. The molecule has 3 rings (SSSR count). The van der Waals surface area contributed by atoms with Gasteiger partial charge < -0.3 is 15.2 Å². The van der Waals surface area contributed by atoms with Gasteiger partial charge >= 0.3 is 0 Å². The van der Waals surface area contributed by atoms with Crippen LogP contribution in [-0.4, -0.2) is 60.8 Å². The zero-order chi connectivity index (χ0) is 16.4. The molecule has 1 aliphatic carbocycles. The molecule has 0 saturated carbocycles. The van der Waals surface area contributed by atoms with Crippen molar-refractivity contribution in [1.82, 2.24) is 10.2 Å². The first-order valence-corrected chi connectivity index (χ1v) is 7.72.